The van der Waals surface area contributed by atoms with E-state index in [0.717, 1.165) is 13.0 Å². The zero-order chi connectivity index (χ0) is 14.8. The zero-order valence-corrected chi connectivity index (χ0v) is 12.1. The molecule has 0 unspecified atom stereocenters. The molecule has 0 saturated heterocycles. The molecule has 0 aliphatic rings. The number of rotatable bonds is 8. The quantitative estimate of drug-likeness (QED) is 0.565. The van der Waals surface area contributed by atoms with Crippen LogP contribution in [0.2, 0.25) is 0 Å². The van der Waals surface area contributed by atoms with Crippen molar-refractivity contribution in [2.45, 2.75) is 26.7 Å². The third-order valence-corrected chi connectivity index (χ3v) is 2.65. The predicted molar refractivity (Wildman–Crippen MR) is 78.8 cm³/mol. The van der Waals surface area contributed by atoms with Gasteiger partial charge in [-0.15, -0.1) is 0 Å². The van der Waals surface area contributed by atoms with Crippen molar-refractivity contribution in [1.29, 1.82) is 0 Å². The Balaban J connectivity index is 2.58. The van der Waals surface area contributed by atoms with E-state index < -0.39 is 5.97 Å². The average molecular weight is 278 g/mol. The van der Waals surface area contributed by atoms with Gasteiger partial charge in [0.1, 0.15) is 0 Å². The molecule has 1 amide bonds. The molecular formula is C15H22N2O3. The Labute approximate surface area is 119 Å². The summed E-state index contributed by atoms with van der Waals surface area (Å²) in [5, 5.41) is 5.90. The molecule has 0 bridgehead atoms. The number of benzene rings is 1. The maximum Gasteiger partial charge on any atom is 0.340 e. The van der Waals surface area contributed by atoms with E-state index in [4.69, 9.17) is 4.74 Å². The number of hydrogen-bond acceptors (Lipinski definition) is 4. The summed E-state index contributed by atoms with van der Waals surface area (Å²) in [5.74, 6) is -0.544. The molecule has 1 aromatic rings. The fraction of sp³-hybridized carbons (Fsp3) is 0.467. The number of carbonyl (C=O) groups excluding carboxylic acids is 2. The maximum atomic E-state index is 11.8. The van der Waals surface area contributed by atoms with Gasteiger partial charge in [0.2, 0.25) is 5.91 Å². The second-order valence-electron chi connectivity index (χ2n) is 4.31. The van der Waals surface area contributed by atoms with E-state index in [-0.39, 0.29) is 5.91 Å². The van der Waals surface area contributed by atoms with E-state index in [9.17, 15) is 9.59 Å². The van der Waals surface area contributed by atoms with E-state index in [1.54, 1.807) is 31.2 Å². The molecule has 0 aromatic heterocycles. The Morgan fingerprint density at radius 3 is 2.60 bits per heavy atom. The average Bonchev–Trinajstić information content (AvgIpc) is 2.44. The van der Waals surface area contributed by atoms with E-state index in [1.165, 1.54) is 0 Å². The molecule has 20 heavy (non-hydrogen) atoms. The normalized spacial score (nSPS) is 10.1. The van der Waals surface area contributed by atoms with Crippen molar-refractivity contribution in [2.75, 3.05) is 25.0 Å². The Hall–Kier alpha value is -1.88. The molecule has 0 radical (unpaired) electrons. The summed E-state index contributed by atoms with van der Waals surface area (Å²) in [7, 11) is 0. The SMILES string of the molecule is CCCNCCC(=O)Nc1ccccc1C(=O)OCC. The summed E-state index contributed by atoms with van der Waals surface area (Å²) < 4.78 is 4.96. The van der Waals surface area contributed by atoms with E-state index in [2.05, 4.69) is 17.6 Å². The minimum atomic E-state index is -0.424. The largest absolute Gasteiger partial charge is 0.462 e. The topological polar surface area (TPSA) is 67.4 Å². The van der Waals surface area contributed by atoms with Crippen LogP contribution in [0, 0.1) is 0 Å². The third kappa shape index (κ3) is 5.40. The summed E-state index contributed by atoms with van der Waals surface area (Å²) in [5.41, 5.74) is 0.871. The van der Waals surface area contributed by atoms with Crippen LogP contribution in [0.5, 0.6) is 0 Å². The molecule has 0 saturated carbocycles. The van der Waals surface area contributed by atoms with Gasteiger partial charge in [-0.05, 0) is 32.0 Å². The van der Waals surface area contributed by atoms with Gasteiger partial charge in [-0.1, -0.05) is 19.1 Å². The maximum absolute atomic E-state index is 11.8. The van der Waals surface area contributed by atoms with Gasteiger partial charge >= 0.3 is 5.97 Å². The van der Waals surface area contributed by atoms with E-state index in [0.29, 0.717) is 30.8 Å². The molecule has 1 rings (SSSR count). The molecule has 1 aromatic carbocycles. The van der Waals surface area contributed by atoms with Gasteiger partial charge in [0.15, 0.2) is 0 Å². The highest BCUT2D eigenvalue weighted by Gasteiger charge is 2.13. The fourth-order valence-corrected chi connectivity index (χ4v) is 1.70. The van der Waals surface area contributed by atoms with Crippen LogP contribution in [0.4, 0.5) is 5.69 Å². The molecule has 0 aliphatic heterocycles. The Bertz CT molecular complexity index is 446. The minimum Gasteiger partial charge on any atom is -0.462 e. The lowest BCUT2D eigenvalue weighted by Crippen LogP contribution is -2.23. The predicted octanol–water partition coefficient (Wildman–Crippen LogP) is 2.19. The molecule has 2 N–H and O–H groups in total. The van der Waals surface area contributed by atoms with Gasteiger partial charge in [0.05, 0.1) is 17.9 Å². The fourth-order valence-electron chi connectivity index (χ4n) is 1.70. The summed E-state index contributed by atoms with van der Waals surface area (Å²) in [6.07, 6.45) is 1.41. The third-order valence-electron chi connectivity index (χ3n) is 2.65. The number of para-hydroxylation sites is 1. The van der Waals surface area contributed by atoms with Crippen LogP contribution in [0.15, 0.2) is 24.3 Å². The number of esters is 1. The Morgan fingerprint density at radius 2 is 1.90 bits per heavy atom. The number of anilines is 1. The number of hydrogen-bond donors (Lipinski definition) is 2. The molecule has 110 valence electrons. The Morgan fingerprint density at radius 1 is 1.15 bits per heavy atom. The van der Waals surface area contributed by atoms with Crippen molar-refractivity contribution in [3.63, 3.8) is 0 Å². The van der Waals surface area contributed by atoms with Crippen molar-refractivity contribution < 1.29 is 14.3 Å². The molecule has 0 fully saturated rings. The lowest BCUT2D eigenvalue weighted by molar-refractivity contribution is -0.116. The molecule has 0 spiro atoms. The van der Waals surface area contributed by atoms with Crippen molar-refractivity contribution in [3.8, 4) is 0 Å². The molecule has 0 aliphatic carbocycles. The summed E-state index contributed by atoms with van der Waals surface area (Å²) >= 11 is 0. The van der Waals surface area contributed by atoms with E-state index in [1.807, 2.05) is 0 Å². The van der Waals surface area contributed by atoms with E-state index >= 15 is 0 Å². The van der Waals surface area contributed by atoms with Crippen molar-refractivity contribution in [2.24, 2.45) is 0 Å². The highest BCUT2D eigenvalue weighted by Crippen LogP contribution is 2.16. The summed E-state index contributed by atoms with van der Waals surface area (Å²) in [4.78, 5) is 23.6. The second-order valence-corrected chi connectivity index (χ2v) is 4.31. The number of carbonyl (C=O) groups is 2. The van der Waals surface area contributed by atoms with Gasteiger partial charge in [-0.3, -0.25) is 4.79 Å². The summed E-state index contributed by atoms with van der Waals surface area (Å²) in [6, 6.07) is 6.85. The first kappa shape index (κ1) is 16.2. The van der Waals surface area contributed by atoms with Crippen molar-refractivity contribution in [3.05, 3.63) is 29.8 Å². The Kier molecular flexibility index (Phi) is 7.35. The monoisotopic (exact) mass is 278 g/mol. The molecule has 5 nitrogen and oxygen atoms in total. The summed E-state index contributed by atoms with van der Waals surface area (Å²) in [6.45, 7) is 5.65. The van der Waals surface area contributed by atoms with Gasteiger partial charge in [-0.2, -0.15) is 0 Å². The second kappa shape index (κ2) is 9.09. The molecule has 0 heterocycles. The molecule has 0 atom stereocenters. The van der Waals surface area contributed by atoms with Crippen LogP contribution in [-0.2, 0) is 9.53 Å². The van der Waals surface area contributed by atoms with Crippen LogP contribution in [0.25, 0.3) is 0 Å². The first-order valence-electron chi connectivity index (χ1n) is 6.95. The standard InChI is InChI=1S/C15H22N2O3/c1-3-10-16-11-9-14(18)17-13-8-6-5-7-12(13)15(19)20-4-2/h5-8,16H,3-4,9-11H2,1-2H3,(H,17,18). The first-order valence-corrected chi connectivity index (χ1v) is 6.95. The van der Waals surface area contributed by atoms with Crippen LogP contribution >= 0.6 is 0 Å². The van der Waals surface area contributed by atoms with Gasteiger partial charge in [-0.25, -0.2) is 4.79 Å². The minimum absolute atomic E-state index is 0.120. The van der Waals surface area contributed by atoms with Crippen LogP contribution < -0.4 is 10.6 Å². The number of ether oxygens (including phenoxy) is 1. The first-order chi connectivity index (χ1) is 9.69. The lowest BCUT2D eigenvalue weighted by Gasteiger charge is -2.10. The van der Waals surface area contributed by atoms with Crippen LogP contribution in [0.3, 0.4) is 0 Å². The smallest absolute Gasteiger partial charge is 0.340 e. The van der Waals surface area contributed by atoms with Gasteiger partial charge in [0.25, 0.3) is 0 Å². The van der Waals surface area contributed by atoms with Gasteiger partial charge in [0, 0.05) is 13.0 Å². The van der Waals surface area contributed by atoms with Crippen molar-refractivity contribution >= 4 is 17.6 Å². The highest BCUT2D eigenvalue weighted by atomic mass is 16.5. The van der Waals surface area contributed by atoms with Crippen molar-refractivity contribution in [1.82, 2.24) is 5.32 Å². The zero-order valence-electron chi connectivity index (χ0n) is 12.1. The number of nitrogens with one attached hydrogen (secondary N) is 2. The van der Waals surface area contributed by atoms with Gasteiger partial charge < -0.3 is 15.4 Å². The molecule has 5 heteroatoms. The number of amides is 1. The molecular weight excluding hydrogens is 256 g/mol. The van der Waals surface area contributed by atoms with Crippen LogP contribution in [0.1, 0.15) is 37.0 Å². The highest BCUT2D eigenvalue weighted by molar-refractivity contribution is 6.01. The lowest BCUT2D eigenvalue weighted by atomic mass is 10.1. The van der Waals surface area contributed by atoms with Crippen LogP contribution in [-0.4, -0.2) is 31.6 Å².